The van der Waals surface area contributed by atoms with Crippen molar-refractivity contribution in [1.29, 1.82) is 0 Å². The molecule has 7 heteroatoms. The standard InChI is InChI=1S/C27H28FN3O3/c1-30-24-10-9-18(17-5-3-6-19(28)13-17)14-23(24)26-22(25(30)16-32)11-12-31(26)27(33)29-20-7-4-8-21(15-20)34-2/h3-10,13-15,22,25-26,32H,11-12,16H2,1-2H3,(H,29,33)/t22-,25-,26-/m1/s1. The summed E-state index contributed by atoms with van der Waals surface area (Å²) < 4.78 is 19.2. The van der Waals surface area contributed by atoms with Gasteiger partial charge in [0, 0.05) is 37.0 Å². The number of rotatable bonds is 4. The number of benzene rings is 3. The first-order valence-electron chi connectivity index (χ1n) is 11.5. The van der Waals surface area contributed by atoms with Crippen LogP contribution in [0.15, 0.2) is 66.7 Å². The Hall–Kier alpha value is -3.58. The second-order valence-corrected chi connectivity index (χ2v) is 8.90. The fourth-order valence-corrected chi connectivity index (χ4v) is 5.43. The number of halogens is 1. The third-order valence-electron chi connectivity index (χ3n) is 7.09. The lowest BCUT2D eigenvalue weighted by Crippen LogP contribution is -2.48. The molecule has 0 saturated carbocycles. The van der Waals surface area contributed by atoms with Crippen molar-refractivity contribution in [1.82, 2.24) is 4.90 Å². The number of urea groups is 1. The Morgan fingerprint density at radius 1 is 1.12 bits per heavy atom. The van der Waals surface area contributed by atoms with Crippen molar-refractivity contribution in [3.05, 3.63) is 78.1 Å². The van der Waals surface area contributed by atoms with Crippen LogP contribution in [-0.4, -0.2) is 49.4 Å². The zero-order chi connectivity index (χ0) is 23.8. The first-order chi connectivity index (χ1) is 16.5. The summed E-state index contributed by atoms with van der Waals surface area (Å²) in [5.74, 6) is 0.467. The van der Waals surface area contributed by atoms with Gasteiger partial charge in [0.15, 0.2) is 0 Å². The number of methoxy groups -OCH3 is 1. The molecule has 2 aliphatic heterocycles. The number of aliphatic hydroxyl groups excluding tert-OH is 1. The van der Waals surface area contributed by atoms with Gasteiger partial charge in [0.25, 0.3) is 0 Å². The highest BCUT2D eigenvalue weighted by Crippen LogP contribution is 2.49. The molecule has 6 nitrogen and oxygen atoms in total. The van der Waals surface area contributed by atoms with Gasteiger partial charge in [-0.3, -0.25) is 0 Å². The van der Waals surface area contributed by atoms with Crippen LogP contribution < -0.4 is 15.0 Å². The van der Waals surface area contributed by atoms with Gasteiger partial charge in [0.1, 0.15) is 11.6 Å². The minimum Gasteiger partial charge on any atom is -0.497 e. The number of fused-ring (bicyclic) bond motifs is 3. The summed E-state index contributed by atoms with van der Waals surface area (Å²) in [6, 6.07) is 19.4. The third-order valence-corrected chi connectivity index (χ3v) is 7.09. The molecule has 0 bridgehead atoms. The van der Waals surface area contributed by atoms with E-state index in [0.717, 1.165) is 28.8 Å². The van der Waals surface area contributed by atoms with Gasteiger partial charge < -0.3 is 25.0 Å². The van der Waals surface area contributed by atoms with Gasteiger partial charge in [0.05, 0.1) is 25.8 Å². The maximum absolute atomic E-state index is 13.9. The molecule has 2 aliphatic rings. The molecule has 3 atom stereocenters. The molecule has 0 aliphatic carbocycles. The largest absolute Gasteiger partial charge is 0.497 e. The summed E-state index contributed by atoms with van der Waals surface area (Å²) in [6.07, 6.45) is 0.787. The van der Waals surface area contributed by atoms with Crippen molar-refractivity contribution in [2.24, 2.45) is 5.92 Å². The van der Waals surface area contributed by atoms with Gasteiger partial charge in [-0.2, -0.15) is 0 Å². The maximum Gasteiger partial charge on any atom is 0.322 e. The van der Waals surface area contributed by atoms with Crippen LogP contribution in [0, 0.1) is 11.7 Å². The van der Waals surface area contributed by atoms with Gasteiger partial charge in [-0.05, 0) is 59.5 Å². The second-order valence-electron chi connectivity index (χ2n) is 8.90. The minimum absolute atomic E-state index is 0.00803. The molecule has 1 saturated heterocycles. The van der Waals surface area contributed by atoms with Crippen LogP contribution in [0.25, 0.3) is 11.1 Å². The summed E-state index contributed by atoms with van der Waals surface area (Å²) in [5.41, 5.74) is 4.33. The Bertz CT molecular complexity index is 1220. The minimum atomic E-state index is -0.286. The zero-order valence-electron chi connectivity index (χ0n) is 19.2. The van der Waals surface area contributed by atoms with Crippen molar-refractivity contribution >= 4 is 17.4 Å². The molecule has 2 N–H and O–H groups in total. The van der Waals surface area contributed by atoms with Crippen LogP contribution in [0.1, 0.15) is 18.0 Å². The molecule has 0 aromatic heterocycles. The molecular weight excluding hydrogens is 433 g/mol. The number of carbonyl (C=O) groups excluding carboxylic acids is 1. The van der Waals surface area contributed by atoms with Crippen molar-refractivity contribution in [3.8, 4) is 16.9 Å². The van der Waals surface area contributed by atoms with Crippen molar-refractivity contribution < 1.29 is 19.0 Å². The highest BCUT2D eigenvalue weighted by Gasteiger charge is 2.47. The molecule has 0 unspecified atom stereocenters. The molecule has 176 valence electrons. The van der Waals surface area contributed by atoms with E-state index in [0.29, 0.717) is 18.0 Å². The van der Waals surface area contributed by atoms with E-state index in [1.807, 2.05) is 48.3 Å². The highest BCUT2D eigenvalue weighted by atomic mass is 19.1. The van der Waals surface area contributed by atoms with Crippen molar-refractivity contribution in [2.75, 3.05) is 37.5 Å². The molecule has 0 spiro atoms. The number of ether oxygens (including phenoxy) is 1. The SMILES string of the molecule is COc1cccc(NC(=O)N2CC[C@@H]3[C@@H](CO)N(C)c4ccc(-c5cccc(F)c5)cc4[C@@H]32)c1. The predicted octanol–water partition coefficient (Wildman–Crippen LogP) is 4.91. The molecule has 3 aromatic carbocycles. The fourth-order valence-electron chi connectivity index (χ4n) is 5.43. The molecule has 34 heavy (non-hydrogen) atoms. The first kappa shape index (κ1) is 22.2. The van der Waals surface area contributed by atoms with Crippen LogP contribution >= 0.6 is 0 Å². The molecule has 2 heterocycles. The monoisotopic (exact) mass is 461 g/mol. The number of aliphatic hydroxyl groups is 1. The van der Waals surface area contributed by atoms with Gasteiger partial charge in [-0.25, -0.2) is 9.18 Å². The number of nitrogens with zero attached hydrogens (tertiary/aromatic N) is 2. The molecule has 3 aromatic rings. The number of hydrogen-bond donors (Lipinski definition) is 2. The van der Waals surface area contributed by atoms with E-state index in [-0.39, 0.29) is 36.5 Å². The number of likely N-dealkylation sites (tertiary alicyclic amines) is 1. The number of amides is 2. The maximum atomic E-state index is 13.9. The lowest BCUT2D eigenvalue weighted by atomic mass is 9.81. The number of hydrogen-bond acceptors (Lipinski definition) is 4. The average molecular weight is 462 g/mol. The van der Waals surface area contributed by atoms with Gasteiger partial charge in [0.2, 0.25) is 0 Å². The van der Waals surface area contributed by atoms with E-state index in [1.54, 1.807) is 19.2 Å². The lowest BCUT2D eigenvalue weighted by Gasteiger charge is -2.44. The van der Waals surface area contributed by atoms with E-state index < -0.39 is 0 Å². The summed E-state index contributed by atoms with van der Waals surface area (Å²) in [6.45, 7) is 0.590. The van der Waals surface area contributed by atoms with Crippen LogP contribution in [0.3, 0.4) is 0 Å². The summed E-state index contributed by atoms with van der Waals surface area (Å²) in [7, 11) is 3.57. The van der Waals surface area contributed by atoms with Gasteiger partial charge in [-0.1, -0.05) is 24.3 Å². The van der Waals surface area contributed by atoms with E-state index in [1.165, 1.54) is 12.1 Å². The lowest BCUT2D eigenvalue weighted by molar-refractivity contribution is 0.168. The first-order valence-corrected chi connectivity index (χ1v) is 11.5. The zero-order valence-corrected chi connectivity index (χ0v) is 19.2. The highest BCUT2D eigenvalue weighted by molar-refractivity contribution is 5.90. The Morgan fingerprint density at radius 3 is 2.68 bits per heavy atom. The number of carbonyl (C=O) groups is 1. The number of anilines is 2. The van der Waals surface area contributed by atoms with E-state index in [9.17, 15) is 14.3 Å². The number of likely N-dealkylation sites (N-methyl/N-ethyl adjacent to an activating group) is 1. The van der Waals surface area contributed by atoms with Crippen LogP contribution in [0.2, 0.25) is 0 Å². The Kier molecular flexibility index (Phi) is 5.87. The average Bonchev–Trinajstić information content (AvgIpc) is 3.29. The third kappa shape index (κ3) is 3.86. The normalized spacial score (nSPS) is 21.1. The summed E-state index contributed by atoms with van der Waals surface area (Å²) >= 11 is 0. The summed E-state index contributed by atoms with van der Waals surface area (Å²) in [5, 5.41) is 13.2. The number of nitrogens with one attached hydrogen (secondary N) is 1. The van der Waals surface area contributed by atoms with Crippen LogP contribution in [0.4, 0.5) is 20.6 Å². The van der Waals surface area contributed by atoms with Crippen molar-refractivity contribution in [3.63, 3.8) is 0 Å². The Balaban J connectivity index is 1.52. The summed E-state index contributed by atoms with van der Waals surface area (Å²) in [4.78, 5) is 17.4. The molecule has 1 fully saturated rings. The van der Waals surface area contributed by atoms with E-state index in [2.05, 4.69) is 16.3 Å². The Labute approximate surface area is 198 Å². The fraction of sp³-hybridized carbons (Fsp3) is 0.296. The van der Waals surface area contributed by atoms with Crippen molar-refractivity contribution in [2.45, 2.75) is 18.5 Å². The second kappa shape index (κ2) is 8.99. The topological polar surface area (TPSA) is 65.0 Å². The van der Waals surface area contributed by atoms with Crippen LogP contribution in [-0.2, 0) is 0 Å². The van der Waals surface area contributed by atoms with E-state index >= 15 is 0 Å². The molecule has 2 amide bonds. The molecular formula is C27H28FN3O3. The van der Waals surface area contributed by atoms with Crippen LogP contribution in [0.5, 0.6) is 5.75 Å². The Morgan fingerprint density at radius 2 is 1.91 bits per heavy atom. The van der Waals surface area contributed by atoms with Gasteiger partial charge >= 0.3 is 6.03 Å². The van der Waals surface area contributed by atoms with E-state index in [4.69, 9.17) is 4.74 Å². The molecule has 5 rings (SSSR count). The van der Waals surface area contributed by atoms with Gasteiger partial charge in [-0.15, -0.1) is 0 Å². The predicted molar refractivity (Wildman–Crippen MR) is 131 cm³/mol. The quantitative estimate of drug-likeness (QED) is 0.580. The smallest absolute Gasteiger partial charge is 0.322 e. The molecule has 0 radical (unpaired) electrons.